The number of hydrogen-bond acceptors (Lipinski definition) is 6. The maximum Gasteiger partial charge on any atom is 0.264 e. The first-order valence-corrected chi connectivity index (χ1v) is 13.8. The second-order valence-corrected chi connectivity index (χ2v) is 11.3. The first kappa shape index (κ1) is 25.1. The van der Waals surface area contributed by atoms with Crippen molar-refractivity contribution in [1.82, 2.24) is 5.43 Å². The lowest BCUT2D eigenvalue weighted by Gasteiger charge is -2.25. The van der Waals surface area contributed by atoms with E-state index in [-0.39, 0.29) is 11.0 Å². The Kier molecular flexibility index (Phi) is 8.00. The van der Waals surface area contributed by atoms with E-state index in [0.29, 0.717) is 10.7 Å². The summed E-state index contributed by atoms with van der Waals surface area (Å²) in [5, 5.41) is 4.43. The molecule has 1 saturated heterocycles. The summed E-state index contributed by atoms with van der Waals surface area (Å²) >= 11 is 7.82. The molecule has 4 rings (SSSR count). The van der Waals surface area contributed by atoms with Crippen LogP contribution < -0.4 is 14.5 Å². The number of hydrazone groups is 1. The molecular weight excluding hydrogens is 506 g/mol. The van der Waals surface area contributed by atoms with E-state index in [1.807, 2.05) is 43.0 Å². The predicted octanol–water partition coefficient (Wildman–Crippen LogP) is 4.49. The maximum absolute atomic E-state index is 13.4. The standard InChI is InChI=1S/C25H24ClN3O4S2/c1-18-2-12-24(13-3-18)35(31,32)29(21-8-6-20(26)7-9-21)15-25(30)28-27-14-19-4-10-22(11-5-19)33-23-16-34-17-23/h2-14,23H,15-17H2,1H3,(H,28,30)/b27-14-. The zero-order valence-corrected chi connectivity index (χ0v) is 21.3. The van der Waals surface area contributed by atoms with Crippen LogP contribution in [-0.4, -0.2) is 44.7 Å². The topological polar surface area (TPSA) is 88.1 Å². The Morgan fingerprint density at radius 2 is 1.74 bits per heavy atom. The highest BCUT2D eigenvalue weighted by Gasteiger charge is 2.27. The van der Waals surface area contributed by atoms with Gasteiger partial charge in [0.15, 0.2) is 0 Å². The van der Waals surface area contributed by atoms with Crippen molar-refractivity contribution in [1.29, 1.82) is 0 Å². The van der Waals surface area contributed by atoms with Gasteiger partial charge in [0.05, 0.1) is 16.8 Å². The molecule has 1 aliphatic heterocycles. The summed E-state index contributed by atoms with van der Waals surface area (Å²) < 4.78 is 33.6. The Labute approximate surface area is 214 Å². The SMILES string of the molecule is Cc1ccc(S(=O)(=O)N(CC(=O)N/N=C\c2ccc(OC3CSC3)cc2)c2ccc(Cl)cc2)cc1. The first-order valence-electron chi connectivity index (χ1n) is 10.8. The van der Waals surface area contributed by atoms with Crippen LogP contribution in [0.25, 0.3) is 0 Å². The van der Waals surface area contributed by atoms with Gasteiger partial charge >= 0.3 is 0 Å². The lowest BCUT2D eigenvalue weighted by Crippen LogP contribution is -2.39. The van der Waals surface area contributed by atoms with Crippen LogP contribution in [0.4, 0.5) is 5.69 Å². The fourth-order valence-electron chi connectivity index (χ4n) is 3.21. The number of thioether (sulfide) groups is 1. The van der Waals surface area contributed by atoms with Crippen molar-refractivity contribution in [2.45, 2.75) is 17.9 Å². The van der Waals surface area contributed by atoms with Crippen LogP contribution in [0.3, 0.4) is 0 Å². The Bertz CT molecular complexity index is 1290. The predicted molar refractivity (Wildman–Crippen MR) is 141 cm³/mol. The smallest absolute Gasteiger partial charge is 0.264 e. The van der Waals surface area contributed by atoms with Crippen molar-refractivity contribution in [3.8, 4) is 5.75 Å². The monoisotopic (exact) mass is 529 g/mol. The molecule has 0 spiro atoms. The van der Waals surface area contributed by atoms with Gasteiger partial charge in [-0.3, -0.25) is 9.10 Å². The zero-order chi connectivity index (χ0) is 24.8. The molecule has 0 bridgehead atoms. The summed E-state index contributed by atoms with van der Waals surface area (Å²) in [5.41, 5.74) is 4.41. The molecule has 0 aliphatic carbocycles. The van der Waals surface area contributed by atoms with Gasteiger partial charge in [0.1, 0.15) is 18.4 Å². The lowest BCUT2D eigenvalue weighted by atomic mass is 10.2. The maximum atomic E-state index is 13.4. The molecule has 35 heavy (non-hydrogen) atoms. The molecule has 0 saturated carbocycles. The molecule has 3 aromatic carbocycles. The third-order valence-corrected chi connectivity index (χ3v) is 8.46. The summed E-state index contributed by atoms with van der Waals surface area (Å²) in [4.78, 5) is 12.7. The number of nitrogens with one attached hydrogen (secondary N) is 1. The Hall–Kier alpha value is -3.01. The number of nitrogens with zero attached hydrogens (tertiary/aromatic N) is 2. The van der Waals surface area contributed by atoms with Crippen molar-refractivity contribution in [2.24, 2.45) is 5.10 Å². The van der Waals surface area contributed by atoms with Crippen molar-refractivity contribution in [2.75, 3.05) is 22.4 Å². The summed E-state index contributed by atoms with van der Waals surface area (Å²) in [7, 11) is -4.01. The fraction of sp³-hybridized carbons (Fsp3) is 0.200. The van der Waals surface area contributed by atoms with Crippen LogP contribution in [0.5, 0.6) is 5.75 Å². The fourth-order valence-corrected chi connectivity index (χ4v) is 5.32. The molecule has 182 valence electrons. The van der Waals surface area contributed by atoms with Crippen molar-refractivity contribution in [3.05, 3.63) is 88.9 Å². The molecular formula is C25H24ClN3O4S2. The minimum absolute atomic E-state index is 0.0807. The number of rotatable bonds is 9. The van der Waals surface area contributed by atoms with Crippen LogP contribution in [0, 0.1) is 6.92 Å². The lowest BCUT2D eigenvalue weighted by molar-refractivity contribution is -0.119. The number of benzene rings is 3. The Balaban J connectivity index is 1.45. The number of anilines is 1. The molecule has 1 amide bonds. The van der Waals surface area contributed by atoms with E-state index in [0.717, 1.165) is 32.7 Å². The van der Waals surface area contributed by atoms with Crippen molar-refractivity contribution >= 4 is 51.2 Å². The third-order valence-electron chi connectivity index (χ3n) is 5.20. The molecule has 10 heteroatoms. The number of halogens is 1. The summed E-state index contributed by atoms with van der Waals surface area (Å²) in [6.07, 6.45) is 1.75. The van der Waals surface area contributed by atoms with Crippen LogP contribution in [0.1, 0.15) is 11.1 Å². The van der Waals surface area contributed by atoms with E-state index >= 15 is 0 Å². The molecule has 1 aliphatic rings. The number of sulfonamides is 1. The average molecular weight is 530 g/mol. The molecule has 0 unspecified atom stereocenters. The Morgan fingerprint density at radius 3 is 2.34 bits per heavy atom. The highest BCUT2D eigenvalue weighted by Crippen LogP contribution is 2.26. The van der Waals surface area contributed by atoms with Crippen LogP contribution >= 0.6 is 23.4 Å². The normalized spacial score (nSPS) is 13.9. The summed E-state index contributed by atoms with van der Waals surface area (Å²) in [6, 6.07) is 20.1. The number of aryl methyl sites for hydroxylation is 1. The highest BCUT2D eigenvalue weighted by molar-refractivity contribution is 8.00. The molecule has 7 nitrogen and oxygen atoms in total. The van der Waals surface area contributed by atoms with E-state index in [1.165, 1.54) is 18.3 Å². The largest absolute Gasteiger partial charge is 0.489 e. The van der Waals surface area contributed by atoms with E-state index < -0.39 is 22.5 Å². The molecule has 0 atom stereocenters. The average Bonchev–Trinajstić information content (AvgIpc) is 2.82. The summed E-state index contributed by atoms with van der Waals surface area (Å²) in [5.74, 6) is 2.20. The third kappa shape index (κ3) is 6.56. The Morgan fingerprint density at radius 1 is 1.09 bits per heavy atom. The molecule has 3 aromatic rings. The van der Waals surface area contributed by atoms with E-state index in [4.69, 9.17) is 16.3 Å². The van der Waals surface area contributed by atoms with Gasteiger partial charge in [-0.25, -0.2) is 13.8 Å². The number of ether oxygens (including phenoxy) is 1. The van der Waals surface area contributed by atoms with Gasteiger partial charge in [-0.15, -0.1) is 0 Å². The van der Waals surface area contributed by atoms with Gasteiger partial charge in [-0.05, 0) is 73.2 Å². The van der Waals surface area contributed by atoms with Gasteiger partial charge in [0.25, 0.3) is 15.9 Å². The van der Waals surface area contributed by atoms with Gasteiger partial charge in [0.2, 0.25) is 0 Å². The molecule has 1 heterocycles. The van der Waals surface area contributed by atoms with Gasteiger partial charge < -0.3 is 4.74 Å². The number of hydrogen-bond donors (Lipinski definition) is 1. The van der Waals surface area contributed by atoms with Crippen LogP contribution in [-0.2, 0) is 14.8 Å². The second-order valence-electron chi connectivity index (χ2n) is 7.94. The zero-order valence-electron chi connectivity index (χ0n) is 18.9. The van der Waals surface area contributed by atoms with Crippen LogP contribution in [0.2, 0.25) is 5.02 Å². The number of carbonyl (C=O) groups excluding carboxylic acids is 1. The number of amides is 1. The molecule has 1 N–H and O–H groups in total. The number of carbonyl (C=O) groups is 1. The minimum atomic E-state index is -4.01. The van der Waals surface area contributed by atoms with Crippen LogP contribution in [0.15, 0.2) is 82.8 Å². The van der Waals surface area contributed by atoms with E-state index in [2.05, 4.69) is 10.5 Å². The van der Waals surface area contributed by atoms with Gasteiger partial charge in [-0.1, -0.05) is 29.3 Å². The molecule has 1 fully saturated rings. The van der Waals surface area contributed by atoms with Gasteiger partial charge in [-0.2, -0.15) is 16.9 Å². The second kappa shape index (κ2) is 11.2. The van der Waals surface area contributed by atoms with Crippen molar-refractivity contribution in [3.63, 3.8) is 0 Å². The summed E-state index contributed by atoms with van der Waals surface area (Å²) in [6.45, 7) is 1.41. The highest BCUT2D eigenvalue weighted by atomic mass is 35.5. The van der Waals surface area contributed by atoms with E-state index in [9.17, 15) is 13.2 Å². The molecule has 0 aromatic heterocycles. The van der Waals surface area contributed by atoms with Gasteiger partial charge in [0, 0.05) is 16.5 Å². The van der Waals surface area contributed by atoms with E-state index in [1.54, 1.807) is 36.4 Å². The molecule has 0 radical (unpaired) electrons. The van der Waals surface area contributed by atoms with Crippen molar-refractivity contribution < 1.29 is 17.9 Å². The minimum Gasteiger partial charge on any atom is -0.489 e. The quantitative estimate of drug-likeness (QED) is 0.326. The first-order chi connectivity index (χ1) is 16.8.